The molecule has 0 fully saturated rings. The predicted octanol–water partition coefficient (Wildman–Crippen LogP) is 7.02. The number of hydrogen-bond donors (Lipinski definition) is 1. The van der Waals surface area contributed by atoms with Crippen molar-refractivity contribution in [3.8, 4) is 11.1 Å². The average molecular weight is 327 g/mol. The smallest absolute Gasteiger partial charge is 0.0857 e. The zero-order valence-corrected chi connectivity index (χ0v) is 14.5. The van der Waals surface area contributed by atoms with Crippen LogP contribution in [0.5, 0.6) is 0 Å². The normalized spacial score (nSPS) is 10.8. The maximum Gasteiger partial charge on any atom is 0.0857 e. The standard InChI is InChI=1S/C22H21N3/c1-16(2)23-20-12-6-18(7-13-20)19-8-14-22(15-9-19)25-24-21-10-4-17(3)5-11-21/h4-15,23H,1H2,2-3H3. The Morgan fingerprint density at radius 2 is 1.16 bits per heavy atom. The van der Waals surface area contributed by atoms with Gasteiger partial charge < -0.3 is 5.32 Å². The fraction of sp³-hybridized carbons (Fsp3) is 0.0909. The Morgan fingerprint density at radius 1 is 0.720 bits per heavy atom. The molecule has 124 valence electrons. The summed E-state index contributed by atoms with van der Waals surface area (Å²) in [6.07, 6.45) is 0. The number of rotatable bonds is 5. The molecule has 0 amide bonds. The zero-order valence-electron chi connectivity index (χ0n) is 14.5. The molecule has 0 atom stereocenters. The lowest BCUT2D eigenvalue weighted by Crippen LogP contribution is -1.92. The number of nitrogens with one attached hydrogen (secondary N) is 1. The first-order valence-electron chi connectivity index (χ1n) is 8.21. The molecule has 0 unspecified atom stereocenters. The van der Waals surface area contributed by atoms with E-state index in [2.05, 4.69) is 65.4 Å². The first-order valence-corrected chi connectivity index (χ1v) is 8.21. The Bertz CT molecular complexity index is 874. The van der Waals surface area contributed by atoms with Crippen molar-refractivity contribution in [1.82, 2.24) is 0 Å². The van der Waals surface area contributed by atoms with E-state index >= 15 is 0 Å². The highest BCUT2D eigenvalue weighted by Gasteiger charge is 1.99. The Balaban J connectivity index is 1.71. The first-order chi connectivity index (χ1) is 12.1. The van der Waals surface area contributed by atoms with Crippen LogP contribution in [-0.4, -0.2) is 0 Å². The van der Waals surface area contributed by atoms with Gasteiger partial charge in [0, 0.05) is 11.4 Å². The molecule has 0 heterocycles. The summed E-state index contributed by atoms with van der Waals surface area (Å²) < 4.78 is 0. The molecule has 0 spiro atoms. The van der Waals surface area contributed by atoms with Crippen molar-refractivity contribution >= 4 is 17.1 Å². The van der Waals surface area contributed by atoms with Crippen LogP contribution >= 0.6 is 0 Å². The van der Waals surface area contributed by atoms with Crippen LogP contribution in [0.15, 0.2) is 95.3 Å². The fourth-order valence-electron chi connectivity index (χ4n) is 2.44. The summed E-state index contributed by atoms with van der Waals surface area (Å²) in [6.45, 7) is 7.85. The molecular formula is C22H21N3. The predicted molar refractivity (Wildman–Crippen MR) is 106 cm³/mol. The number of hydrogen-bond acceptors (Lipinski definition) is 3. The lowest BCUT2D eigenvalue weighted by Gasteiger charge is -2.07. The maximum atomic E-state index is 4.29. The van der Waals surface area contributed by atoms with Crippen molar-refractivity contribution in [1.29, 1.82) is 0 Å². The van der Waals surface area contributed by atoms with E-state index < -0.39 is 0 Å². The largest absolute Gasteiger partial charge is 0.360 e. The number of nitrogens with zero attached hydrogens (tertiary/aromatic N) is 2. The third-order valence-electron chi connectivity index (χ3n) is 3.76. The summed E-state index contributed by atoms with van der Waals surface area (Å²) in [5.41, 5.74) is 7.19. The number of aryl methyl sites for hydroxylation is 1. The van der Waals surface area contributed by atoms with E-state index in [0.717, 1.165) is 33.9 Å². The molecule has 0 bridgehead atoms. The Kier molecular flexibility index (Phi) is 5.05. The Labute approximate surface area is 148 Å². The highest BCUT2D eigenvalue weighted by atomic mass is 15.1. The lowest BCUT2D eigenvalue weighted by atomic mass is 10.1. The highest BCUT2D eigenvalue weighted by molar-refractivity contribution is 5.67. The van der Waals surface area contributed by atoms with E-state index in [9.17, 15) is 0 Å². The van der Waals surface area contributed by atoms with Crippen LogP contribution < -0.4 is 5.32 Å². The van der Waals surface area contributed by atoms with Crippen molar-refractivity contribution in [3.63, 3.8) is 0 Å². The van der Waals surface area contributed by atoms with Gasteiger partial charge >= 0.3 is 0 Å². The van der Waals surface area contributed by atoms with E-state index in [4.69, 9.17) is 0 Å². The van der Waals surface area contributed by atoms with E-state index in [1.807, 2.05) is 43.3 Å². The van der Waals surface area contributed by atoms with Crippen LogP contribution in [0.1, 0.15) is 12.5 Å². The summed E-state index contributed by atoms with van der Waals surface area (Å²) >= 11 is 0. The SMILES string of the molecule is C=C(C)Nc1ccc(-c2ccc(N=Nc3ccc(C)cc3)cc2)cc1. The number of azo groups is 1. The van der Waals surface area contributed by atoms with Gasteiger partial charge in [-0.3, -0.25) is 0 Å². The zero-order chi connectivity index (χ0) is 17.6. The van der Waals surface area contributed by atoms with Gasteiger partial charge in [0.2, 0.25) is 0 Å². The monoisotopic (exact) mass is 327 g/mol. The molecule has 0 aliphatic rings. The van der Waals surface area contributed by atoms with Gasteiger partial charge in [0.25, 0.3) is 0 Å². The molecule has 3 rings (SSSR count). The Hall–Kier alpha value is -3.20. The molecule has 3 aromatic carbocycles. The second kappa shape index (κ2) is 7.58. The van der Waals surface area contributed by atoms with Crippen LogP contribution in [-0.2, 0) is 0 Å². The quantitative estimate of drug-likeness (QED) is 0.502. The minimum absolute atomic E-state index is 0.838. The van der Waals surface area contributed by atoms with E-state index in [0.29, 0.717) is 0 Å². The van der Waals surface area contributed by atoms with Crippen molar-refractivity contribution in [2.45, 2.75) is 13.8 Å². The molecule has 0 saturated carbocycles. The fourth-order valence-corrected chi connectivity index (χ4v) is 2.44. The van der Waals surface area contributed by atoms with Crippen LogP contribution in [0.2, 0.25) is 0 Å². The molecule has 0 saturated heterocycles. The molecule has 0 radical (unpaired) electrons. The molecule has 0 aromatic heterocycles. The van der Waals surface area contributed by atoms with Crippen molar-refractivity contribution in [2.24, 2.45) is 10.2 Å². The first kappa shape index (κ1) is 16.7. The third-order valence-corrected chi connectivity index (χ3v) is 3.76. The van der Waals surface area contributed by atoms with Crippen LogP contribution in [0.25, 0.3) is 11.1 Å². The van der Waals surface area contributed by atoms with Crippen LogP contribution in [0, 0.1) is 6.92 Å². The van der Waals surface area contributed by atoms with Gasteiger partial charge in [-0.05, 0) is 61.4 Å². The summed E-state index contributed by atoms with van der Waals surface area (Å²) in [7, 11) is 0. The minimum Gasteiger partial charge on any atom is -0.360 e. The molecule has 1 N–H and O–H groups in total. The number of benzene rings is 3. The third kappa shape index (κ3) is 4.64. The topological polar surface area (TPSA) is 36.8 Å². The van der Waals surface area contributed by atoms with Gasteiger partial charge in [-0.1, -0.05) is 48.5 Å². The summed E-state index contributed by atoms with van der Waals surface area (Å²) in [5.74, 6) is 0. The summed E-state index contributed by atoms with van der Waals surface area (Å²) in [5, 5.41) is 11.8. The molecule has 3 heteroatoms. The Morgan fingerprint density at radius 3 is 1.64 bits per heavy atom. The van der Waals surface area contributed by atoms with Gasteiger partial charge in [0.05, 0.1) is 11.4 Å². The summed E-state index contributed by atoms with van der Waals surface area (Å²) in [6, 6.07) is 24.4. The van der Waals surface area contributed by atoms with Gasteiger partial charge in [0.1, 0.15) is 0 Å². The van der Waals surface area contributed by atoms with E-state index in [1.54, 1.807) is 0 Å². The van der Waals surface area contributed by atoms with Gasteiger partial charge in [0.15, 0.2) is 0 Å². The van der Waals surface area contributed by atoms with Crippen molar-refractivity contribution in [2.75, 3.05) is 5.32 Å². The second-order valence-corrected chi connectivity index (χ2v) is 6.07. The van der Waals surface area contributed by atoms with Gasteiger partial charge in [-0.25, -0.2) is 0 Å². The number of anilines is 1. The molecule has 0 aliphatic carbocycles. The minimum atomic E-state index is 0.838. The van der Waals surface area contributed by atoms with Gasteiger partial charge in [-0.2, -0.15) is 10.2 Å². The molecule has 3 nitrogen and oxygen atoms in total. The van der Waals surface area contributed by atoms with Crippen LogP contribution in [0.4, 0.5) is 17.1 Å². The molecular weight excluding hydrogens is 306 g/mol. The van der Waals surface area contributed by atoms with Gasteiger partial charge in [-0.15, -0.1) is 0 Å². The maximum absolute atomic E-state index is 4.29. The lowest BCUT2D eigenvalue weighted by molar-refractivity contribution is 1.23. The number of allylic oxidation sites excluding steroid dienone is 1. The summed E-state index contributed by atoms with van der Waals surface area (Å²) in [4.78, 5) is 0. The van der Waals surface area contributed by atoms with Crippen molar-refractivity contribution < 1.29 is 0 Å². The average Bonchev–Trinajstić information content (AvgIpc) is 2.62. The highest BCUT2D eigenvalue weighted by Crippen LogP contribution is 2.25. The molecule has 3 aromatic rings. The second-order valence-electron chi connectivity index (χ2n) is 6.07. The van der Waals surface area contributed by atoms with E-state index in [-0.39, 0.29) is 0 Å². The molecule has 25 heavy (non-hydrogen) atoms. The van der Waals surface area contributed by atoms with Crippen molar-refractivity contribution in [3.05, 3.63) is 90.6 Å². The van der Waals surface area contributed by atoms with Crippen LogP contribution in [0.3, 0.4) is 0 Å². The molecule has 0 aliphatic heterocycles. The van der Waals surface area contributed by atoms with E-state index in [1.165, 1.54) is 5.56 Å².